The van der Waals surface area contributed by atoms with E-state index in [4.69, 9.17) is 10.5 Å². The van der Waals surface area contributed by atoms with Crippen molar-refractivity contribution in [3.63, 3.8) is 0 Å². The molecule has 1 aromatic heterocycles. The monoisotopic (exact) mass is 438 g/mol. The summed E-state index contributed by atoms with van der Waals surface area (Å²) in [6.07, 6.45) is 1.21. The number of anilines is 1. The summed E-state index contributed by atoms with van der Waals surface area (Å²) in [5, 5.41) is 0.351. The van der Waals surface area contributed by atoms with Gasteiger partial charge in [-0.2, -0.15) is 0 Å². The predicted molar refractivity (Wildman–Crippen MR) is 119 cm³/mol. The van der Waals surface area contributed by atoms with Crippen molar-refractivity contribution in [1.82, 2.24) is 0 Å². The number of nitrogens with zero attached hydrogens (tertiary/aromatic N) is 1. The third-order valence-corrected chi connectivity index (χ3v) is 7.93. The second kappa shape index (κ2) is 6.74. The lowest BCUT2D eigenvalue weighted by Crippen LogP contribution is -2.35. The molecule has 3 amide bonds. The van der Waals surface area contributed by atoms with Crippen LogP contribution in [0.2, 0.25) is 0 Å². The van der Waals surface area contributed by atoms with E-state index in [-0.39, 0.29) is 35.0 Å². The van der Waals surface area contributed by atoms with Crippen LogP contribution in [0, 0.1) is 18.8 Å². The Morgan fingerprint density at radius 1 is 1.06 bits per heavy atom. The summed E-state index contributed by atoms with van der Waals surface area (Å²) in [6.45, 7) is 8.32. The van der Waals surface area contributed by atoms with Crippen molar-refractivity contribution in [2.24, 2.45) is 17.6 Å². The van der Waals surface area contributed by atoms with Crippen LogP contribution in [0.25, 0.3) is 11.1 Å². The van der Waals surface area contributed by atoms with E-state index < -0.39 is 17.7 Å². The minimum Gasteiger partial charge on any atom is -0.373 e. The number of thiophene rings is 1. The van der Waals surface area contributed by atoms with Gasteiger partial charge < -0.3 is 10.5 Å². The molecule has 0 unspecified atom stereocenters. The van der Waals surface area contributed by atoms with Crippen molar-refractivity contribution >= 4 is 34.1 Å². The third-order valence-electron chi connectivity index (χ3n) is 6.84. The quantitative estimate of drug-likeness (QED) is 0.739. The third kappa shape index (κ3) is 2.90. The first kappa shape index (κ1) is 20.4. The smallest absolute Gasteiger partial charge is 0.252 e. The van der Waals surface area contributed by atoms with Crippen LogP contribution in [0.3, 0.4) is 0 Å². The molecular formula is C24H26N2O4S. The number of hydrogen-bond donors (Lipinski definition) is 1. The standard InChI is InChI=1S/C24H26N2O4S/c1-11-16(12-5-7-13(8-6-12)24(2,3)4)19(20(25)27)23(31-11)26-21(28)17-14-9-10-15(30-14)18(17)22(26)29/h5-8,14-15,17-18H,9-10H2,1-4H3,(H2,25,27)/t14-,15+,17+,18-. The van der Waals surface area contributed by atoms with Crippen LogP contribution < -0.4 is 10.6 Å². The molecule has 4 heterocycles. The molecule has 6 nitrogen and oxygen atoms in total. The highest BCUT2D eigenvalue weighted by Gasteiger charge is 2.63. The predicted octanol–water partition coefficient (Wildman–Crippen LogP) is 3.79. The molecule has 3 fully saturated rings. The summed E-state index contributed by atoms with van der Waals surface area (Å²) in [5.41, 5.74) is 8.79. The number of amides is 3. The Morgan fingerprint density at radius 3 is 2.10 bits per heavy atom. The molecule has 3 saturated heterocycles. The molecule has 3 aliphatic heterocycles. The molecule has 0 saturated carbocycles. The highest BCUT2D eigenvalue weighted by molar-refractivity contribution is 7.17. The van der Waals surface area contributed by atoms with Crippen LogP contribution >= 0.6 is 11.3 Å². The normalized spacial score (nSPS) is 27.3. The number of rotatable bonds is 3. The summed E-state index contributed by atoms with van der Waals surface area (Å²) in [4.78, 5) is 41.1. The molecule has 31 heavy (non-hydrogen) atoms. The zero-order valence-electron chi connectivity index (χ0n) is 18.1. The lowest BCUT2D eigenvalue weighted by atomic mass is 9.81. The van der Waals surface area contributed by atoms with Crippen molar-refractivity contribution in [1.29, 1.82) is 0 Å². The topological polar surface area (TPSA) is 89.7 Å². The summed E-state index contributed by atoms with van der Waals surface area (Å²) in [5.74, 6) is -2.04. The van der Waals surface area contributed by atoms with E-state index >= 15 is 0 Å². The molecule has 4 atom stereocenters. The molecule has 0 radical (unpaired) electrons. The molecule has 7 heteroatoms. The zero-order chi connectivity index (χ0) is 22.2. The number of carbonyl (C=O) groups excluding carboxylic acids is 3. The van der Waals surface area contributed by atoms with Crippen molar-refractivity contribution in [3.8, 4) is 11.1 Å². The first-order chi connectivity index (χ1) is 14.6. The van der Waals surface area contributed by atoms with Crippen LogP contribution in [0.1, 0.15) is 54.4 Å². The van der Waals surface area contributed by atoms with Gasteiger partial charge in [-0.05, 0) is 36.3 Å². The second-order valence-electron chi connectivity index (χ2n) is 9.76. The average Bonchev–Trinajstić information content (AvgIpc) is 3.43. The van der Waals surface area contributed by atoms with Gasteiger partial charge in [-0.15, -0.1) is 11.3 Å². The Morgan fingerprint density at radius 2 is 1.61 bits per heavy atom. The highest BCUT2D eigenvalue weighted by Crippen LogP contribution is 2.52. The number of nitrogens with two attached hydrogens (primary N) is 1. The Hall–Kier alpha value is -2.51. The van der Waals surface area contributed by atoms with Crippen LogP contribution in [0.15, 0.2) is 24.3 Å². The Bertz CT molecular complexity index is 1080. The second-order valence-corrected chi connectivity index (χ2v) is 11.0. The van der Waals surface area contributed by atoms with Crippen LogP contribution in [0.4, 0.5) is 5.00 Å². The number of carbonyl (C=O) groups is 3. The molecule has 2 bridgehead atoms. The number of aryl methyl sites for hydroxylation is 1. The lowest BCUT2D eigenvalue weighted by Gasteiger charge is -2.19. The van der Waals surface area contributed by atoms with E-state index in [9.17, 15) is 14.4 Å². The molecule has 3 aliphatic rings. The fraction of sp³-hybridized carbons (Fsp3) is 0.458. The average molecular weight is 439 g/mol. The van der Waals surface area contributed by atoms with Crippen LogP contribution in [-0.2, 0) is 19.7 Å². The van der Waals surface area contributed by atoms with Crippen molar-refractivity contribution < 1.29 is 19.1 Å². The van der Waals surface area contributed by atoms with E-state index in [1.165, 1.54) is 21.8 Å². The number of primary amides is 1. The number of benzene rings is 1. The summed E-state index contributed by atoms with van der Waals surface area (Å²) >= 11 is 1.28. The molecule has 2 N–H and O–H groups in total. The van der Waals surface area contributed by atoms with Gasteiger partial charge in [-0.3, -0.25) is 14.4 Å². The minimum absolute atomic E-state index is 0.00744. The van der Waals surface area contributed by atoms with E-state index in [1.54, 1.807) is 0 Å². The maximum Gasteiger partial charge on any atom is 0.252 e. The molecule has 0 spiro atoms. The molecule has 2 aromatic rings. The fourth-order valence-corrected chi connectivity index (χ4v) is 6.50. The lowest BCUT2D eigenvalue weighted by molar-refractivity contribution is -0.124. The van der Waals surface area contributed by atoms with Gasteiger partial charge in [0.05, 0.1) is 29.6 Å². The fourth-order valence-electron chi connectivity index (χ4n) is 5.31. The molecule has 162 valence electrons. The largest absolute Gasteiger partial charge is 0.373 e. The summed E-state index contributed by atoms with van der Waals surface area (Å²) in [7, 11) is 0. The zero-order valence-corrected chi connectivity index (χ0v) is 18.9. The minimum atomic E-state index is -0.633. The molecule has 1 aromatic carbocycles. The van der Waals surface area contributed by atoms with Crippen molar-refractivity contribution in [2.45, 2.75) is 58.2 Å². The van der Waals surface area contributed by atoms with Gasteiger partial charge in [0.1, 0.15) is 5.00 Å². The summed E-state index contributed by atoms with van der Waals surface area (Å²) in [6, 6.07) is 8.04. The Kier molecular flexibility index (Phi) is 4.44. The van der Waals surface area contributed by atoms with Crippen LogP contribution in [-0.4, -0.2) is 29.9 Å². The molecular weight excluding hydrogens is 412 g/mol. The van der Waals surface area contributed by atoms with Crippen LogP contribution in [0.5, 0.6) is 0 Å². The number of ether oxygens (including phenoxy) is 1. The Labute approximate surface area is 185 Å². The Balaban J connectivity index is 1.60. The number of hydrogen-bond acceptors (Lipinski definition) is 5. The van der Waals surface area contributed by atoms with Gasteiger partial charge in [0, 0.05) is 10.4 Å². The van der Waals surface area contributed by atoms with E-state index in [2.05, 4.69) is 20.8 Å². The van der Waals surface area contributed by atoms with Gasteiger partial charge in [0.25, 0.3) is 5.91 Å². The van der Waals surface area contributed by atoms with Gasteiger partial charge in [0.15, 0.2) is 0 Å². The van der Waals surface area contributed by atoms with Gasteiger partial charge in [0.2, 0.25) is 11.8 Å². The SMILES string of the molecule is Cc1sc(N2C(=O)[C@@H]3[C@H](C2=O)[C@@H]2CC[C@H]3O2)c(C(N)=O)c1-c1ccc(C(C)(C)C)cc1. The maximum atomic E-state index is 13.3. The van der Waals surface area contributed by atoms with Gasteiger partial charge in [-0.1, -0.05) is 45.0 Å². The molecule has 5 rings (SSSR count). The summed E-state index contributed by atoms with van der Waals surface area (Å²) < 4.78 is 5.82. The van der Waals surface area contributed by atoms with E-state index in [0.717, 1.165) is 23.3 Å². The van der Waals surface area contributed by atoms with E-state index in [0.29, 0.717) is 10.6 Å². The first-order valence-electron chi connectivity index (χ1n) is 10.7. The number of imide groups is 1. The van der Waals surface area contributed by atoms with Crippen molar-refractivity contribution in [2.75, 3.05) is 4.90 Å². The molecule has 0 aliphatic carbocycles. The van der Waals surface area contributed by atoms with Gasteiger partial charge in [-0.25, -0.2) is 4.90 Å². The first-order valence-corrected chi connectivity index (χ1v) is 11.5. The highest BCUT2D eigenvalue weighted by atomic mass is 32.1. The van der Waals surface area contributed by atoms with Crippen molar-refractivity contribution in [3.05, 3.63) is 40.3 Å². The van der Waals surface area contributed by atoms with E-state index in [1.807, 2.05) is 31.2 Å². The number of fused-ring (bicyclic) bond motifs is 5. The van der Waals surface area contributed by atoms with Gasteiger partial charge >= 0.3 is 0 Å². The maximum absolute atomic E-state index is 13.3.